The van der Waals surface area contributed by atoms with Crippen LogP contribution in [0.5, 0.6) is 5.75 Å². The topological polar surface area (TPSA) is 57.0 Å². The second kappa shape index (κ2) is 6.49. The van der Waals surface area contributed by atoms with Crippen LogP contribution in [0.2, 0.25) is 5.15 Å². The van der Waals surface area contributed by atoms with Crippen LogP contribution in [-0.4, -0.2) is 21.6 Å². The van der Waals surface area contributed by atoms with Gasteiger partial charge in [0.15, 0.2) is 0 Å². The number of halogens is 4. The van der Waals surface area contributed by atoms with Crippen LogP contribution in [0.1, 0.15) is 5.69 Å². The van der Waals surface area contributed by atoms with Crippen LogP contribution in [0.4, 0.5) is 13.2 Å². The molecule has 0 radical (unpaired) electrons. The maximum absolute atomic E-state index is 13.9. The average molecular weight is 406 g/mol. The second-order valence-corrected chi connectivity index (χ2v) is 6.29. The van der Waals surface area contributed by atoms with Crippen molar-refractivity contribution < 1.29 is 17.9 Å². The summed E-state index contributed by atoms with van der Waals surface area (Å²) in [5.41, 5.74) is -2.40. The van der Waals surface area contributed by atoms with E-state index in [1.807, 2.05) is 0 Å². The first kappa shape index (κ1) is 18.2. The molecule has 0 aliphatic carbocycles. The Bertz CT molecular complexity index is 1290. The van der Waals surface area contributed by atoms with E-state index in [9.17, 15) is 18.0 Å². The van der Waals surface area contributed by atoms with Gasteiger partial charge in [-0.15, -0.1) is 0 Å². The summed E-state index contributed by atoms with van der Waals surface area (Å²) in [6.07, 6.45) is -3.81. The minimum atomic E-state index is -4.84. The molecule has 0 saturated carbocycles. The fraction of sp³-hybridized carbons (Fsp3) is 0.105. The van der Waals surface area contributed by atoms with Gasteiger partial charge < -0.3 is 4.74 Å². The lowest BCUT2D eigenvalue weighted by molar-refractivity contribution is -0.142. The summed E-state index contributed by atoms with van der Waals surface area (Å²) >= 11 is 5.91. The molecule has 5 nitrogen and oxygen atoms in total. The summed E-state index contributed by atoms with van der Waals surface area (Å²) in [7, 11) is 1.33. The number of fused-ring (bicyclic) bond motifs is 2. The van der Waals surface area contributed by atoms with E-state index in [-0.39, 0.29) is 27.5 Å². The highest BCUT2D eigenvalue weighted by Gasteiger charge is 2.37. The van der Waals surface area contributed by atoms with Crippen LogP contribution in [0.25, 0.3) is 27.4 Å². The molecular formula is C19H11ClF3N3O2. The lowest BCUT2D eigenvalue weighted by atomic mass is 10.1. The Morgan fingerprint density at radius 1 is 1.07 bits per heavy atom. The highest BCUT2D eigenvalue weighted by atomic mass is 35.5. The van der Waals surface area contributed by atoms with Gasteiger partial charge in [-0.05, 0) is 17.5 Å². The molecule has 9 heteroatoms. The van der Waals surface area contributed by atoms with E-state index in [1.54, 1.807) is 30.3 Å². The van der Waals surface area contributed by atoms with Gasteiger partial charge in [0, 0.05) is 10.8 Å². The molecule has 2 aromatic carbocycles. The van der Waals surface area contributed by atoms with E-state index in [0.717, 1.165) is 12.4 Å². The van der Waals surface area contributed by atoms with Crippen molar-refractivity contribution in [1.29, 1.82) is 0 Å². The van der Waals surface area contributed by atoms with Gasteiger partial charge in [0.1, 0.15) is 28.4 Å². The van der Waals surface area contributed by atoms with Crippen molar-refractivity contribution in [2.45, 2.75) is 6.18 Å². The van der Waals surface area contributed by atoms with Crippen molar-refractivity contribution in [2.75, 3.05) is 7.11 Å². The molecule has 0 amide bonds. The summed E-state index contributed by atoms with van der Waals surface area (Å²) in [6.45, 7) is 0. The number of hydrogen-bond donors (Lipinski definition) is 0. The quantitative estimate of drug-likeness (QED) is 0.457. The number of alkyl halides is 3. The van der Waals surface area contributed by atoms with Crippen molar-refractivity contribution >= 4 is 33.3 Å². The minimum Gasteiger partial charge on any atom is -0.495 e. The molecule has 2 heterocycles. The molecular weight excluding hydrogens is 395 g/mol. The maximum Gasteiger partial charge on any atom is 0.431 e. The zero-order chi connectivity index (χ0) is 20.1. The normalized spacial score (nSPS) is 11.9. The molecule has 0 N–H and O–H groups in total. The molecule has 4 aromatic rings. The molecule has 28 heavy (non-hydrogen) atoms. The predicted octanol–water partition coefficient (Wildman–Crippen LogP) is 4.61. The summed E-state index contributed by atoms with van der Waals surface area (Å²) in [5.74, 6) is 0.116. The zero-order valence-electron chi connectivity index (χ0n) is 14.3. The molecule has 0 fully saturated rings. The van der Waals surface area contributed by atoms with Crippen molar-refractivity contribution in [3.8, 4) is 11.4 Å². The van der Waals surface area contributed by atoms with Crippen LogP contribution in [-0.2, 0) is 6.18 Å². The molecule has 2 aromatic heterocycles. The van der Waals surface area contributed by atoms with Crippen LogP contribution < -0.4 is 10.3 Å². The molecule has 0 aliphatic heterocycles. The van der Waals surface area contributed by atoms with Gasteiger partial charge in [0.2, 0.25) is 0 Å². The number of pyridine rings is 1. The van der Waals surface area contributed by atoms with Crippen LogP contribution in [0.3, 0.4) is 0 Å². The Balaban J connectivity index is 2.26. The monoisotopic (exact) mass is 405 g/mol. The van der Waals surface area contributed by atoms with Gasteiger partial charge in [-0.3, -0.25) is 9.36 Å². The molecule has 0 spiro atoms. The number of nitrogens with zero attached hydrogens (tertiary/aromatic N) is 3. The Labute approximate surface area is 161 Å². The van der Waals surface area contributed by atoms with E-state index < -0.39 is 17.4 Å². The maximum atomic E-state index is 13.9. The highest BCUT2D eigenvalue weighted by molar-refractivity contribution is 6.34. The van der Waals surface area contributed by atoms with Gasteiger partial charge in [-0.2, -0.15) is 13.2 Å². The van der Waals surface area contributed by atoms with Gasteiger partial charge >= 0.3 is 6.18 Å². The van der Waals surface area contributed by atoms with Crippen molar-refractivity contribution in [1.82, 2.24) is 14.5 Å². The third-order valence-corrected chi connectivity index (χ3v) is 4.66. The van der Waals surface area contributed by atoms with Crippen molar-refractivity contribution in [2.24, 2.45) is 0 Å². The van der Waals surface area contributed by atoms with E-state index in [4.69, 9.17) is 16.3 Å². The standard InChI is InChI=1S/C19H11ClF3N3O2/c1-28-13-7-6-10-4-2-3-5-11(10)16(13)26-14(19(21,22)23)8-12-15(18(26)27)24-9-25-17(12)20/h2-9H,1H3. The Hall–Kier alpha value is -3.13. The smallest absolute Gasteiger partial charge is 0.431 e. The fourth-order valence-electron chi connectivity index (χ4n) is 3.15. The fourth-order valence-corrected chi connectivity index (χ4v) is 3.34. The molecule has 0 unspecified atom stereocenters. The Morgan fingerprint density at radius 2 is 1.82 bits per heavy atom. The molecule has 0 atom stereocenters. The number of rotatable bonds is 2. The number of methoxy groups -OCH3 is 1. The largest absolute Gasteiger partial charge is 0.495 e. The van der Waals surface area contributed by atoms with Crippen LogP contribution >= 0.6 is 11.6 Å². The Morgan fingerprint density at radius 3 is 2.54 bits per heavy atom. The number of hydrogen-bond acceptors (Lipinski definition) is 4. The van der Waals surface area contributed by atoms with Crippen molar-refractivity contribution in [3.05, 3.63) is 70.0 Å². The van der Waals surface area contributed by atoms with E-state index in [0.29, 0.717) is 15.3 Å². The highest BCUT2D eigenvalue weighted by Crippen LogP contribution is 2.37. The van der Waals surface area contributed by atoms with Gasteiger partial charge in [0.25, 0.3) is 5.56 Å². The molecule has 142 valence electrons. The lowest BCUT2D eigenvalue weighted by Crippen LogP contribution is -2.28. The van der Waals surface area contributed by atoms with E-state index in [1.165, 1.54) is 13.2 Å². The predicted molar refractivity (Wildman–Crippen MR) is 99.2 cm³/mol. The first-order valence-electron chi connectivity index (χ1n) is 8.02. The summed E-state index contributed by atoms with van der Waals surface area (Å²) in [4.78, 5) is 20.6. The van der Waals surface area contributed by atoms with Crippen molar-refractivity contribution in [3.63, 3.8) is 0 Å². The second-order valence-electron chi connectivity index (χ2n) is 5.93. The van der Waals surface area contributed by atoms with Crippen LogP contribution in [0, 0.1) is 0 Å². The number of aromatic nitrogens is 3. The SMILES string of the molecule is COc1ccc2ccccc2c1-n1c(C(F)(F)F)cc2c(Cl)ncnc2c1=O. The van der Waals surface area contributed by atoms with Gasteiger partial charge in [-0.25, -0.2) is 9.97 Å². The molecule has 4 rings (SSSR count). The lowest BCUT2D eigenvalue weighted by Gasteiger charge is -2.20. The molecule has 0 bridgehead atoms. The van der Waals surface area contributed by atoms with Gasteiger partial charge in [-0.1, -0.05) is 41.9 Å². The van der Waals surface area contributed by atoms with E-state index >= 15 is 0 Å². The number of ether oxygens (including phenoxy) is 1. The summed E-state index contributed by atoms with van der Waals surface area (Å²) < 4.78 is 47.6. The third kappa shape index (κ3) is 2.77. The van der Waals surface area contributed by atoms with E-state index in [2.05, 4.69) is 9.97 Å². The van der Waals surface area contributed by atoms with Crippen LogP contribution in [0.15, 0.2) is 53.6 Å². The number of benzene rings is 2. The Kier molecular flexibility index (Phi) is 4.23. The first-order chi connectivity index (χ1) is 13.3. The van der Waals surface area contributed by atoms with Gasteiger partial charge in [0.05, 0.1) is 12.8 Å². The summed E-state index contributed by atoms with van der Waals surface area (Å²) in [6, 6.07) is 10.8. The first-order valence-corrected chi connectivity index (χ1v) is 8.40. The third-order valence-electron chi connectivity index (χ3n) is 4.36. The molecule has 0 saturated heterocycles. The minimum absolute atomic E-state index is 0.0189. The summed E-state index contributed by atoms with van der Waals surface area (Å²) in [5, 5.41) is 0.676. The zero-order valence-corrected chi connectivity index (χ0v) is 15.0. The average Bonchev–Trinajstić information content (AvgIpc) is 2.67. The molecule has 0 aliphatic rings.